The molecule has 0 aliphatic carbocycles. The van der Waals surface area contributed by atoms with E-state index in [-0.39, 0.29) is 6.04 Å². The molecule has 5 heteroatoms. The number of nitrogens with zero attached hydrogens (tertiary/aromatic N) is 3. The first-order valence-corrected chi connectivity index (χ1v) is 7.66. The van der Waals surface area contributed by atoms with Crippen molar-refractivity contribution in [3.05, 3.63) is 34.2 Å². The molecule has 2 N–H and O–H groups in total. The lowest BCUT2D eigenvalue weighted by atomic mass is 10.2. The summed E-state index contributed by atoms with van der Waals surface area (Å²) in [6, 6.07) is 6.33. The zero-order valence-electron chi connectivity index (χ0n) is 11.9. The Balaban J connectivity index is 2.18. The number of aryl methyl sites for hydroxylation is 2. The molecule has 2 heterocycles. The van der Waals surface area contributed by atoms with Crippen LogP contribution in [0.2, 0.25) is 0 Å². The molecule has 4 nitrogen and oxygen atoms in total. The van der Waals surface area contributed by atoms with Gasteiger partial charge in [0, 0.05) is 11.9 Å². The molecule has 0 saturated heterocycles. The monoisotopic (exact) mass is 286 g/mol. The van der Waals surface area contributed by atoms with Crippen LogP contribution < -0.4 is 5.73 Å². The maximum atomic E-state index is 5.89. The zero-order valence-corrected chi connectivity index (χ0v) is 12.7. The van der Waals surface area contributed by atoms with E-state index in [1.807, 2.05) is 12.3 Å². The second-order valence-electron chi connectivity index (χ2n) is 5.03. The molecular formula is C15H18N4S. The zero-order chi connectivity index (χ0) is 14.3. The van der Waals surface area contributed by atoms with Crippen LogP contribution in [0, 0.1) is 6.92 Å². The molecular weight excluding hydrogens is 268 g/mol. The van der Waals surface area contributed by atoms with Crippen LogP contribution in [0.1, 0.15) is 30.5 Å². The van der Waals surface area contributed by atoms with E-state index in [2.05, 4.69) is 41.6 Å². The summed E-state index contributed by atoms with van der Waals surface area (Å²) in [7, 11) is 0. The summed E-state index contributed by atoms with van der Waals surface area (Å²) in [5, 5.41) is 2.99. The number of thiazole rings is 1. The Kier molecular flexibility index (Phi) is 3.31. The van der Waals surface area contributed by atoms with E-state index in [4.69, 9.17) is 10.7 Å². The lowest BCUT2D eigenvalue weighted by Crippen LogP contribution is -2.04. The maximum absolute atomic E-state index is 5.89. The van der Waals surface area contributed by atoms with E-state index < -0.39 is 0 Å². The van der Waals surface area contributed by atoms with E-state index in [0.717, 1.165) is 34.1 Å². The van der Waals surface area contributed by atoms with Gasteiger partial charge in [0.2, 0.25) is 0 Å². The summed E-state index contributed by atoms with van der Waals surface area (Å²) < 4.78 is 2.20. The molecule has 104 valence electrons. The first-order valence-electron chi connectivity index (χ1n) is 6.78. The van der Waals surface area contributed by atoms with Crippen LogP contribution in [0.15, 0.2) is 23.6 Å². The van der Waals surface area contributed by atoms with Crippen molar-refractivity contribution in [1.29, 1.82) is 0 Å². The predicted octanol–water partition coefficient (Wildman–Crippen LogP) is 3.51. The topological polar surface area (TPSA) is 56.7 Å². The smallest absolute Gasteiger partial charge is 0.160 e. The van der Waals surface area contributed by atoms with Gasteiger partial charge in [0.25, 0.3) is 0 Å². The predicted molar refractivity (Wildman–Crippen MR) is 83.9 cm³/mol. The molecule has 0 radical (unpaired) electrons. The second-order valence-corrected chi connectivity index (χ2v) is 5.92. The SMILES string of the molecule is CCn1c(-c2csc(C(C)N)n2)nc2cc(C)ccc21. The van der Waals surface area contributed by atoms with Crippen molar-refractivity contribution in [3.63, 3.8) is 0 Å². The van der Waals surface area contributed by atoms with Crippen LogP contribution in [0.5, 0.6) is 0 Å². The second kappa shape index (κ2) is 5.00. The number of aromatic nitrogens is 3. The Morgan fingerprint density at radius 1 is 1.35 bits per heavy atom. The van der Waals surface area contributed by atoms with Crippen molar-refractivity contribution in [2.24, 2.45) is 5.73 Å². The van der Waals surface area contributed by atoms with Crippen LogP contribution in [0.3, 0.4) is 0 Å². The van der Waals surface area contributed by atoms with Gasteiger partial charge in [0.1, 0.15) is 10.7 Å². The molecule has 0 amide bonds. The summed E-state index contributed by atoms with van der Waals surface area (Å²) in [6.07, 6.45) is 0. The van der Waals surface area contributed by atoms with Crippen molar-refractivity contribution in [1.82, 2.24) is 14.5 Å². The molecule has 0 fully saturated rings. The normalized spacial score (nSPS) is 13.0. The third-order valence-corrected chi connectivity index (χ3v) is 4.41. The number of imidazole rings is 1. The minimum atomic E-state index is -0.0320. The summed E-state index contributed by atoms with van der Waals surface area (Å²) in [4.78, 5) is 9.37. The molecule has 0 bridgehead atoms. The van der Waals surface area contributed by atoms with Crippen molar-refractivity contribution in [2.75, 3.05) is 0 Å². The fraction of sp³-hybridized carbons (Fsp3) is 0.333. The average molecular weight is 286 g/mol. The van der Waals surface area contributed by atoms with Crippen LogP contribution in [0.25, 0.3) is 22.6 Å². The molecule has 0 aliphatic rings. The van der Waals surface area contributed by atoms with Gasteiger partial charge in [-0.2, -0.15) is 0 Å². The Morgan fingerprint density at radius 2 is 2.15 bits per heavy atom. The minimum absolute atomic E-state index is 0.0320. The lowest BCUT2D eigenvalue weighted by molar-refractivity contribution is 0.785. The average Bonchev–Trinajstić information content (AvgIpc) is 3.01. The van der Waals surface area contributed by atoms with Crippen molar-refractivity contribution < 1.29 is 0 Å². The van der Waals surface area contributed by atoms with Gasteiger partial charge in [0.05, 0.1) is 17.1 Å². The minimum Gasteiger partial charge on any atom is -0.323 e. The third kappa shape index (κ3) is 2.13. The third-order valence-electron chi connectivity index (χ3n) is 3.36. The van der Waals surface area contributed by atoms with Crippen molar-refractivity contribution in [3.8, 4) is 11.5 Å². The van der Waals surface area contributed by atoms with E-state index in [1.54, 1.807) is 11.3 Å². The number of hydrogen-bond acceptors (Lipinski definition) is 4. The first kappa shape index (κ1) is 13.3. The highest BCUT2D eigenvalue weighted by molar-refractivity contribution is 7.10. The summed E-state index contributed by atoms with van der Waals surface area (Å²) in [5.41, 5.74) is 10.2. The van der Waals surface area contributed by atoms with Crippen LogP contribution in [0.4, 0.5) is 0 Å². The van der Waals surface area contributed by atoms with Gasteiger partial charge in [-0.1, -0.05) is 6.07 Å². The molecule has 0 saturated carbocycles. The van der Waals surface area contributed by atoms with Gasteiger partial charge in [-0.15, -0.1) is 11.3 Å². The number of hydrogen-bond donors (Lipinski definition) is 1. The molecule has 2 aromatic heterocycles. The standard InChI is InChI=1S/C15H18N4S/c1-4-19-13-6-5-9(2)7-11(13)17-14(19)12-8-20-15(18-12)10(3)16/h5-8,10H,4,16H2,1-3H3. The van der Waals surface area contributed by atoms with Gasteiger partial charge in [-0.05, 0) is 38.5 Å². The molecule has 20 heavy (non-hydrogen) atoms. The van der Waals surface area contributed by atoms with Crippen LogP contribution in [-0.4, -0.2) is 14.5 Å². The van der Waals surface area contributed by atoms with E-state index >= 15 is 0 Å². The van der Waals surface area contributed by atoms with Crippen molar-refractivity contribution >= 4 is 22.4 Å². The molecule has 1 atom stereocenters. The highest BCUT2D eigenvalue weighted by atomic mass is 32.1. The Hall–Kier alpha value is -1.72. The maximum Gasteiger partial charge on any atom is 0.160 e. The van der Waals surface area contributed by atoms with Crippen LogP contribution >= 0.6 is 11.3 Å². The van der Waals surface area contributed by atoms with E-state index in [9.17, 15) is 0 Å². The lowest BCUT2D eigenvalue weighted by Gasteiger charge is -2.03. The van der Waals surface area contributed by atoms with Gasteiger partial charge < -0.3 is 10.3 Å². The van der Waals surface area contributed by atoms with Crippen molar-refractivity contribution in [2.45, 2.75) is 33.4 Å². The fourth-order valence-electron chi connectivity index (χ4n) is 2.35. The Morgan fingerprint density at radius 3 is 2.80 bits per heavy atom. The van der Waals surface area contributed by atoms with E-state index in [1.165, 1.54) is 5.56 Å². The molecule has 3 aromatic rings. The van der Waals surface area contributed by atoms with Crippen LogP contribution in [-0.2, 0) is 6.54 Å². The molecule has 3 rings (SSSR count). The summed E-state index contributed by atoms with van der Waals surface area (Å²) in [6.45, 7) is 7.04. The Labute approximate surface area is 122 Å². The van der Waals surface area contributed by atoms with Gasteiger partial charge in [-0.3, -0.25) is 0 Å². The molecule has 0 spiro atoms. The summed E-state index contributed by atoms with van der Waals surface area (Å²) in [5.74, 6) is 0.927. The van der Waals surface area contributed by atoms with Gasteiger partial charge in [0.15, 0.2) is 5.82 Å². The quantitative estimate of drug-likeness (QED) is 0.801. The highest BCUT2D eigenvalue weighted by Gasteiger charge is 2.15. The van der Waals surface area contributed by atoms with E-state index in [0.29, 0.717) is 0 Å². The highest BCUT2D eigenvalue weighted by Crippen LogP contribution is 2.28. The van der Waals surface area contributed by atoms with Gasteiger partial charge >= 0.3 is 0 Å². The largest absolute Gasteiger partial charge is 0.323 e. The number of fused-ring (bicyclic) bond motifs is 1. The number of benzene rings is 1. The molecule has 0 aliphatic heterocycles. The number of nitrogens with two attached hydrogens (primary N) is 1. The fourth-order valence-corrected chi connectivity index (χ4v) is 3.11. The molecule has 1 unspecified atom stereocenters. The molecule has 1 aromatic carbocycles. The van der Waals surface area contributed by atoms with Gasteiger partial charge in [-0.25, -0.2) is 9.97 Å². The summed E-state index contributed by atoms with van der Waals surface area (Å²) >= 11 is 1.60. The number of rotatable bonds is 3. The Bertz CT molecular complexity index is 754. The first-order chi connectivity index (χ1) is 9.60.